The summed E-state index contributed by atoms with van der Waals surface area (Å²) in [6, 6.07) is 0. The molecule has 0 aliphatic carbocycles. The molecule has 1 N–H and O–H groups in total. The van der Waals surface area contributed by atoms with Crippen LogP contribution >= 0.6 is 0 Å². The molecule has 0 saturated heterocycles. The molecule has 0 saturated carbocycles. The molecule has 0 fully saturated rings. The summed E-state index contributed by atoms with van der Waals surface area (Å²) in [6.07, 6.45) is 0. The molecular weight excluding hydrogens is 86.0 g/mol. The third kappa shape index (κ3) is 16.8. The van der Waals surface area contributed by atoms with E-state index >= 15 is 0 Å². The largest absolute Gasteiger partial charge is 0.379 e. The number of rotatable bonds is 0. The quantitative estimate of drug-likeness (QED) is 0.337. The van der Waals surface area contributed by atoms with E-state index in [-0.39, 0.29) is 37.7 Å². The molecule has 0 unspecified atom stereocenters. The van der Waals surface area contributed by atoms with Crippen molar-refractivity contribution >= 4 is 0 Å². The van der Waals surface area contributed by atoms with E-state index in [2.05, 4.69) is 0 Å². The summed E-state index contributed by atoms with van der Waals surface area (Å²) in [5, 5.41) is 7.89. The summed E-state index contributed by atoms with van der Waals surface area (Å²) in [5.41, 5.74) is 0. The molecule has 0 aromatic heterocycles. The smallest absolute Gasteiger partial charge is 0.152 e. The zero-order valence-electron chi connectivity index (χ0n) is 1.66. The van der Waals surface area contributed by atoms with Crippen LogP contribution in [0.1, 0.15) is 0 Å². The number of hydrogen-bond acceptors (Lipinski definition) is 2. The summed E-state index contributed by atoms with van der Waals surface area (Å²) >= 11 is 0. The first-order valence-corrected chi connectivity index (χ1v) is 0.383. The van der Waals surface area contributed by atoms with Gasteiger partial charge >= 0.3 is 0 Å². The number of nitrogens with zero attached hydrogens (tertiary/aromatic N) is 1. The van der Waals surface area contributed by atoms with Crippen LogP contribution in [0.3, 0.4) is 0 Å². The first kappa shape index (κ1) is 8.82. The molecule has 0 aliphatic heterocycles. The van der Waals surface area contributed by atoms with Crippen LogP contribution in [-0.4, -0.2) is 5.21 Å². The van der Waals surface area contributed by atoms with Crippen LogP contribution in [0.5, 0.6) is 0 Å². The first-order valence-electron chi connectivity index (χ1n) is 0.383. The molecule has 0 radical (unpaired) electrons. The maximum absolute atomic E-state index is 8.11. The van der Waals surface area contributed by atoms with E-state index in [4.69, 9.17) is 10.1 Å². The number of hydrogen-bond donors (Lipinski definition) is 1. The molecule has 0 spiro atoms. The second-order valence-electron chi connectivity index (χ2n) is 0.0816. The van der Waals surface area contributed by atoms with Gasteiger partial charge in [0, 0.05) is 37.7 Å². The molecule has 0 aromatic rings. The van der Waals surface area contributed by atoms with Crippen molar-refractivity contribution in [3.63, 3.8) is 0 Å². The monoisotopic (exact) mass is 87.0 g/mol. The van der Waals surface area contributed by atoms with Gasteiger partial charge in [-0.2, -0.15) is 0 Å². The van der Waals surface area contributed by atoms with Gasteiger partial charge in [0.05, 0.1) is 0 Å². The van der Waals surface area contributed by atoms with E-state index in [9.17, 15) is 0 Å². The zero-order chi connectivity index (χ0) is 2.71. The second-order valence-corrected chi connectivity index (χ2v) is 0.0816. The minimum Gasteiger partial charge on any atom is -0.379 e. The SMILES string of the molecule is O=NO.[Ar]. The van der Waals surface area contributed by atoms with E-state index in [0.717, 1.165) is 0 Å². The Balaban J connectivity index is 0. The van der Waals surface area contributed by atoms with E-state index in [1.54, 1.807) is 0 Å². The Morgan fingerprint density at radius 1 is 1.75 bits per heavy atom. The maximum Gasteiger partial charge on any atom is 0.152 e. The summed E-state index contributed by atoms with van der Waals surface area (Å²) in [7, 11) is 0. The Bertz CT molecular complexity index is 13.5. The van der Waals surface area contributed by atoms with E-state index in [0.29, 0.717) is 0 Å². The predicted octanol–water partition coefficient (Wildman–Crippen LogP) is 0.142. The van der Waals surface area contributed by atoms with Gasteiger partial charge in [0.2, 0.25) is 0 Å². The zero-order valence-corrected chi connectivity index (χ0v) is 2.36. The van der Waals surface area contributed by atoms with Crippen molar-refractivity contribution < 1.29 is 42.9 Å². The summed E-state index contributed by atoms with van der Waals surface area (Å²) in [5.74, 6) is 0. The van der Waals surface area contributed by atoms with E-state index in [1.165, 1.54) is 5.34 Å². The van der Waals surface area contributed by atoms with Crippen molar-refractivity contribution in [2.24, 2.45) is 5.34 Å². The molecule has 0 heterocycles. The van der Waals surface area contributed by atoms with Crippen LogP contribution < -0.4 is 0 Å². The molecule has 26 valence electrons. The van der Waals surface area contributed by atoms with Crippen molar-refractivity contribution in [3.8, 4) is 0 Å². The summed E-state index contributed by atoms with van der Waals surface area (Å²) < 4.78 is 0. The van der Waals surface area contributed by atoms with Gasteiger partial charge in [-0.15, -0.1) is 4.91 Å². The maximum atomic E-state index is 8.11. The van der Waals surface area contributed by atoms with Crippen LogP contribution in [0.2, 0.25) is 0 Å². The van der Waals surface area contributed by atoms with Crippen molar-refractivity contribution in [1.29, 1.82) is 0 Å². The van der Waals surface area contributed by atoms with Crippen LogP contribution in [-0.2, 0) is 0 Å². The predicted molar refractivity (Wildman–Crippen MR) is 7.58 cm³/mol. The van der Waals surface area contributed by atoms with Gasteiger partial charge in [-0.1, -0.05) is 0 Å². The van der Waals surface area contributed by atoms with Gasteiger partial charge in [-0.05, 0) is 0 Å². The topological polar surface area (TPSA) is 49.7 Å². The molecule has 0 atom stereocenters. The average molecular weight is 87.0 g/mol. The van der Waals surface area contributed by atoms with Crippen molar-refractivity contribution in [2.45, 2.75) is 0 Å². The molecule has 0 amide bonds. The standard InChI is InChI=1S/Ar.HNO2/c;2-1-3/h;(H,2,3). The van der Waals surface area contributed by atoms with Crippen molar-refractivity contribution in [1.82, 2.24) is 0 Å². The fourth-order valence-electron chi connectivity index (χ4n) is 0. The van der Waals surface area contributed by atoms with Crippen LogP contribution in [0.25, 0.3) is 0 Å². The van der Waals surface area contributed by atoms with Crippen LogP contribution in [0.15, 0.2) is 5.34 Å². The van der Waals surface area contributed by atoms with E-state index in [1.807, 2.05) is 0 Å². The van der Waals surface area contributed by atoms with Crippen molar-refractivity contribution in [2.75, 3.05) is 0 Å². The Morgan fingerprint density at radius 3 is 1.75 bits per heavy atom. The molecule has 0 aromatic carbocycles. The molecule has 0 aliphatic rings. The Morgan fingerprint density at radius 2 is 1.75 bits per heavy atom. The minimum absolute atomic E-state index is 0. The molecular formula is HArNO2. The molecule has 4 heavy (non-hydrogen) atoms. The van der Waals surface area contributed by atoms with E-state index < -0.39 is 0 Å². The summed E-state index contributed by atoms with van der Waals surface area (Å²) in [4.78, 5) is 8.11. The minimum atomic E-state index is 0. The molecule has 3 nitrogen and oxygen atoms in total. The molecule has 0 rings (SSSR count). The van der Waals surface area contributed by atoms with Gasteiger partial charge < -0.3 is 5.21 Å². The molecule has 0 bridgehead atoms. The third-order valence-electron chi connectivity index (χ3n) is 0. The van der Waals surface area contributed by atoms with Gasteiger partial charge in [-0.3, -0.25) is 0 Å². The average Bonchev–Trinajstić information content (AvgIpc) is 0.918. The fourth-order valence-corrected chi connectivity index (χ4v) is 0. The van der Waals surface area contributed by atoms with Gasteiger partial charge in [0.25, 0.3) is 0 Å². The second kappa shape index (κ2) is 9.40. The Kier molecular flexibility index (Phi) is 20.7. The molecule has 4 heteroatoms. The Labute approximate surface area is 52.9 Å². The van der Waals surface area contributed by atoms with Crippen molar-refractivity contribution in [3.05, 3.63) is 4.91 Å². The third-order valence-corrected chi connectivity index (χ3v) is 0. The van der Waals surface area contributed by atoms with Gasteiger partial charge in [0.1, 0.15) is 0 Å². The van der Waals surface area contributed by atoms with Gasteiger partial charge in [0.15, 0.2) is 5.34 Å². The van der Waals surface area contributed by atoms with Gasteiger partial charge in [-0.25, -0.2) is 0 Å². The normalized spacial score (nSPS) is 3.00. The first-order chi connectivity index (χ1) is 1.41. The van der Waals surface area contributed by atoms with Crippen LogP contribution in [0, 0.1) is 42.6 Å². The van der Waals surface area contributed by atoms with Crippen LogP contribution in [0.4, 0.5) is 0 Å². The fraction of sp³-hybridized carbons (Fsp3) is 0. The summed E-state index contributed by atoms with van der Waals surface area (Å²) in [6.45, 7) is 0. The Hall–Kier alpha value is 0.660.